The summed E-state index contributed by atoms with van der Waals surface area (Å²) in [5, 5.41) is 2.65. The van der Waals surface area contributed by atoms with Crippen LogP contribution >= 0.6 is 0 Å². The lowest BCUT2D eigenvalue weighted by atomic mass is 10.1. The number of rotatable bonds is 2. The molecule has 0 bridgehead atoms. The van der Waals surface area contributed by atoms with E-state index in [9.17, 15) is 18.0 Å². The van der Waals surface area contributed by atoms with Gasteiger partial charge in [0.2, 0.25) is 5.91 Å². The zero-order valence-electron chi connectivity index (χ0n) is 12.1. The second-order valence-electron chi connectivity index (χ2n) is 6.05. The smallest absolute Gasteiger partial charge is 0.326 e. The molecule has 2 atom stereocenters. The van der Waals surface area contributed by atoms with Crippen LogP contribution in [0.2, 0.25) is 0 Å². The molecule has 2 aliphatic carbocycles. The van der Waals surface area contributed by atoms with E-state index in [1.165, 1.54) is 12.1 Å². The maximum atomic E-state index is 12.7. The highest BCUT2D eigenvalue weighted by atomic mass is 19.4. The molecule has 2 nitrogen and oxygen atoms in total. The average molecular weight is 309 g/mol. The highest BCUT2D eigenvalue weighted by molar-refractivity contribution is 5.95. The van der Waals surface area contributed by atoms with Crippen LogP contribution in [0.15, 0.2) is 36.4 Å². The fourth-order valence-corrected chi connectivity index (χ4v) is 3.43. The molecule has 0 radical (unpaired) electrons. The first-order valence-corrected chi connectivity index (χ1v) is 7.60. The van der Waals surface area contributed by atoms with Gasteiger partial charge in [0, 0.05) is 11.6 Å². The summed E-state index contributed by atoms with van der Waals surface area (Å²) in [6.45, 7) is 0. The van der Waals surface area contributed by atoms with Crippen LogP contribution in [0.4, 0.5) is 18.9 Å². The summed E-state index contributed by atoms with van der Waals surface area (Å²) in [5.74, 6) is 0.581. The van der Waals surface area contributed by atoms with E-state index >= 15 is 0 Å². The van der Waals surface area contributed by atoms with Crippen molar-refractivity contribution in [2.45, 2.75) is 31.9 Å². The quantitative estimate of drug-likeness (QED) is 0.793. The summed E-state index contributed by atoms with van der Waals surface area (Å²) < 4.78 is 38.1. The molecule has 0 heterocycles. The van der Waals surface area contributed by atoms with Crippen molar-refractivity contribution >= 4 is 11.6 Å². The fourth-order valence-electron chi connectivity index (χ4n) is 3.43. The molecule has 5 heteroatoms. The van der Waals surface area contributed by atoms with E-state index in [4.69, 9.17) is 0 Å². The number of hydrogen-bond donors (Lipinski definition) is 1. The van der Waals surface area contributed by atoms with E-state index < -0.39 is 11.7 Å². The Morgan fingerprint density at radius 3 is 2.32 bits per heavy atom. The zero-order chi connectivity index (χ0) is 15.7. The molecular formula is C17H18F3NO. The molecule has 1 saturated carbocycles. The number of carbonyl (C=O) groups excluding carboxylic acids is 1. The second kappa shape index (κ2) is 5.78. The van der Waals surface area contributed by atoms with Gasteiger partial charge in [-0.3, -0.25) is 4.79 Å². The number of benzene rings is 1. The summed E-state index contributed by atoms with van der Waals surface area (Å²) in [7, 11) is 0. The Hall–Kier alpha value is -1.78. The van der Waals surface area contributed by atoms with Gasteiger partial charge in [0.25, 0.3) is 0 Å². The number of hydrogen-bond acceptors (Lipinski definition) is 1. The molecule has 1 N–H and O–H groups in total. The lowest BCUT2D eigenvalue weighted by Crippen LogP contribution is -2.16. The first-order valence-electron chi connectivity index (χ1n) is 7.60. The van der Waals surface area contributed by atoms with Crippen LogP contribution in [0.3, 0.4) is 0 Å². The maximum absolute atomic E-state index is 12.7. The van der Waals surface area contributed by atoms with Gasteiger partial charge in [-0.25, -0.2) is 0 Å². The zero-order valence-corrected chi connectivity index (χ0v) is 12.1. The molecule has 0 saturated heterocycles. The van der Waals surface area contributed by atoms with Gasteiger partial charge in [-0.1, -0.05) is 18.2 Å². The monoisotopic (exact) mass is 309 g/mol. The predicted molar refractivity (Wildman–Crippen MR) is 78.2 cm³/mol. The van der Waals surface area contributed by atoms with Crippen LogP contribution in [-0.2, 0) is 11.0 Å². The Bertz CT molecular complexity index is 578. The van der Waals surface area contributed by atoms with Gasteiger partial charge in [0.15, 0.2) is 0 Å². The summed E-state index contributed by atoms with van der Waals surface area (Å²) in [5.41, 5.74) is -0.520. The fraction of sp³-hybridized carbons (Fsp3) is 0.471. The molecule has 3 rings (SSSR count). The minimum absolute atomic E-state index is 0.0468. The topological polar surface area (TPSA) is 29.1 Å². The molecule has 22 heavy (non-hydrogen) atoms. The van der Waals surface area contributed by atoms with Crippen molar-refractivity contribution in [3.8, 4) is 0 Å². The first-order chi connectivity index (χ1) is 10.5. The standard InChI is InChI=1S/C17H18F3NO/c18-17(19,20)11-6-5-7-12(10-11)21-16(22)15-13-8-3-1-2-4-9-14(13)15/h1-2,5-7,10,13-15H,3-4,8-9H2,(H,21,22)/b2-1-. The largest absolute Gasteiger partial charge is 0.416 e. The molecular weight excluding hydrogens is 291 g/mol. The highest BCUT2D eigenvalue weighted by Gasteiger charge is 2.53. The lowest BCUT2D eigenvalue weighted by molar-refractivity contribution is -0.137. The number of amides is 1. The molecule has 2 aliphatic rings. The van der Waals surface area contributed by atoms with Gasteiger partial charge in [-0.15, -0.1) is 0 Å². The van der Waals surface area contributed by atoms with E-state index in [1.54, 1.807) is 0 Å². The lowest BCUT2D eigenvalue weighted by Gasteiger charge is -2.10. The molecule has 0 spiro atoms. The third-order valence-electron chi connectivity index (χ3n) is 4.59. The summed E-state index contributed by atoms with van der Waals surface area (Å²) >= 11 is 0. The molecule has 1 aromatic rings. The molecule has 1 aromatic carbocycles. The van der Waals surface area contributed by atoms with E-state index in [0.29, 0.717) is 11.8 Å². The van der Waals surface area contributed by atoms with E-state index in [1.807, 2.05) is 0 Å². The van der Waals surface area contributed by atoms with Crippen molar-refractivity contribution in [3.05, 3.63) is 42.0 Å². The minimum atomic E-state index is -4.39. The van der Waals surface area contributed by atoms with Gasteiger partial charge in [-0.05, 0) is 55.7 Å². The van der Waals surface area contributed by atoms with Gasteiger partial charge in [0.05, 0.1) is 5.56 Å². The number of anilines is 1. The van der Waals surface area contributed by atoms with Gasteiger partial charge in [0.1, 0.15) is 0 Å². The Balaban J connectivity index is 1.66. The molecule has 0 aromatic heterocycles. The second-order valence-corrected chi connectivity index (χ2v) is 6.05. The SMILES string of the molecule is O=C(Nc1cccc(C(F)(F)F)c1)C1C2CC/C=C\CCC21. The Kier molecular flexibility index (Phi) is 3.98. The third kappa shape index (κ3) is 3.18. The van der Waals surface area contributed by atoms with E-state index in [0.717, 1.165) is 37.8 Å². The van der Waals surface area contributed by atoms with Gasteiger partial charge < -0.3 is 5.32 Å². The normalized spacial score (nSPS) is 29.0. The molecule has 1 fully saturated rings. The van der Waals surface area contributed by atoms with Crippen molar-refractivity contribution in [3.63, 3.8) is 0 Å². The van der Waals surface area contributed by atoms with Crippen LogP contribution in [0.1, 0.15) is 31.2 Å². The van der Waals surface area contributed by atoms with Gasteiger partial charge in [-0.2, -0.15) is 13.2 Å². The average Bonchev–Trinajstić information content (AvgIpc) is 3.09. The van der Waals surface area contributed by atoms with Crippen molar-refractivity contribution in [2.75, 3.05) is 5.32 Å². The van der Waals surface area contributed by atoms with Crippen LogP contribution in [0, 0.1) is 17.8 Å². The molecule has 118 valence electrons. The Morgan fingerprint density at radius 2 is 1.73 bits per heavy atom. The van der Waals surface area contributed by atoms with Crippen molar-refractivity contribution < 1.29 is 18.0 Å². The van der Waals surface area contributed by atoms with Gasteiger partial charge >= 0.3 is 6.18 Å². The minimum Gasteiger partial charge on any atom is -0.326 e. The van der Waals surface area contributed by atoms with Crippen LogP contribution in [0.25, 0.3) is 0 Å². The summed E-state index contributed by atoms with van der Waals surface area (Å²) in [6.07, 6.45) is 3.84. The molecule has 2 unspecified atom stereocenters. The van der Waals surface area contributed by atoms with Crippen molar-refractivity contribution in [2.24, 2.45) is 17.8 Å². The Morgan fingerprint density at radius 1 is 1.09 bits per heavy atom. The number of alkyl halides is 3. The third-order valence-corrected chi connectivity index (χ3v) is 4.59. The van der Waals surface area contributed by atoms with Crippen LogP contribution in [0.5, 0.6) is 0 Å². The van der Waals surface area contributed by atoms with Crippen molar-refractivity contribution in [1.82, 2.24) is 0 Å². The van der Waals surface area contributed by atoms with Crippen molar-refractivity contribution in [1.29, 1.82) is 0 Å². The van der Waals surface area contributed by atoms with E-state index in [-0.39, 0.29) is 17.5 Å². The number of halogens is 3. The predicted octanol–water partition coefficient (Wildman–Crippen LogP) is 4.64. The number of allylic oxidation sites excluding steroid dienone is 2. The first kappa shape index (κ1) is 15.1. The van der Waals surface area contributed by atoms with Crippen LogP contribution in [-0.4, -0.2) is 5.91 Å². The van der Waals surface area contributed by atoms with E-state index in [2.05, 4.69) is 17.5 Å². The highest BCUT2D eigenvalue weighted by Crippen LogP contribution is 2.53. The number of carbonyl (C=O) groups is 1. The number of fused-ring (bicyclic) bond motifs is 1. The molecule has 1 amide bonds. The number of nitrogens with one attached hydrogen (secondary N) is 1. The van der Waals surface area contributed by atoms with Crippen LogP contribution < -0.4 is 5.32 Å². The Labute approximate surface area is 127 Å². The summed E-state index contributed by atoms with van der Waals surface area (Å²) in [4.78, 5) is 12.3. The maximum Gasteiger partial charge on any atom is 0.416 e. The molecule has 0 aliphatic heterocycles. The summed E-state index contributed by atoms with van der Waals surface area (Å²) in [6, 6.07) is 4.81.